The molecule has 180 valence electrons. The van der Waals surface area contributed by atoms with Crippen LogP contribution in [0, 0.1) is 6.92 Å². The molecule has 2 aromatic heterocycles. The van der Waals surface area contributed by atoms with Crippen LogP contribution in [0.15, 0.2) is 54.7 Å². The van der Waals surface area contributed by atoms with Gasteiger partial charge in [0.2, 0.25) is 0 Å². The quantitative estimate of drug-likeness (QED) is 0.412. The molecule has 9 nitrogen and oxygen atoms in total. The summed E-state index contributed by atoms with van der Waals surface area (Å²) in [7, 11) is 3.18. The number of tetrazole rings is 1. The Morgan fingerprint density at radius 2 is 1.89 bits per heavy atom. The first-order chi connectivity index (χ1) is 16.9. The van der Waals surface area contributed by atoms with Gasteiger partial charge < -0.3 is 14.8 Å². The number of pyridine rings is 1. The molecule has 0 aliphatic rings. The summed E-state index contributed by atoms with van der Waals surface area (Å²) in [5.41, 5.74) is 4.59. The van der Waals surface area contributed by atoms with E-state index in [4.69, 9.17) is 9.47 Å². The van der Waals surface area contributed by atoms with Gasteiger partial charge in [0, 0.05) is 41.4 Å². The molecule has 0 bridgehead atoms. The van der Waals surface area contributed by atoms with Gasteiger partial charge in [-0.05, 0) is 59.3 Å². The minimum Gasteiger partial charge on any atom is -0.497 e. The van der Waals surface area contributed by atoms with Crippen LogP contribution in [-0.4, -0.2) is 45.3 Å². The molecule has 0 unspecified atom stereocenters. The van der Waals surface area contributed by atoms with E-state index in [-0.39, 0.29) is 18.4 Å². The predicted molar refractivity (Wildman–Crippen MR) is 132 cm³/mol. The molecule has 0 atom stereocenters. The Kier molecular flexibility index (Phi) is 7.05. The van der Waals surface area contributed by atoms with Crippen LogP contribution in [0.2, 0.25) is 0 Å². The van der Waals surface area contributed by atoms with Crippen molar-refractivity contribution in [2.75, 3.05) is 14.2 Å². The maximum atomic E-state index is 13.3. The Bertz CT molecular complexity index is 1330. The van der Waals surface area contributed by atoms with E-state index in [2.05, 4.69) is 25.8 Å². The molecule has 2 aromatic carbocycles. The van der Waals surface area contributed by atoms with Crippen LogP contribution in [0.5, 0.6) is 11.5 Å². The maximum absolute atomic E-state index is 13.3. The molecule has 4 rings (SSSR count). The number of benzene rings is 2. The van der Waals surface area contributed by atoms with E-state index in [1.54, 1.807) is 37.2 Å². The second-order valence-electron chi connectivity index (χ2n) is 8.45. The number of methoxy groups -OCH3 is 2. The van der Waals surface area contributed by atoms with Crippen molar-refractivity contribution in [3.63, 3.8) is 0 Å². The average molecular weight is 473 g/mol. The summed E-state index contributed by atoms with van der Waals surface area (Å²) in [6, 6.07) is 14.9. The van der Waals surface area contributed by atoms with E-state index >= 15 is 0 Å². The summed E-state index contributed by atoms with van der Waals surface area (Å²) in [6.45, 7) is 6.30. The lowest BCUT2D eigenvalue weighted by Crippen LogP contribution is -2.23. The summed E-state index contributed by atoms with van der Waals surface area (Å²) in [6.07, 6.45) is 1.80. The van der Waals surface area contributed by atoms with Crippen LogP contribution < -0.4 is 14.8 Å². The van der Waals surface area contributed by atoms with Crippen LogP contribution in [0.1, 0.15) is 47.1 Å². The molecule has 9 heteroatoms. The van der Waals surface area contributed by atoms with Crippen molar-refractivity contribution in [2.24, 2.45) is 0 Å². The zero-order chi connectivity index (χ0) is 24.9. The number of aromatic nitrogens is 5. The topological polar surface area (TPSA) is 104 Å². The van der Waals surface area contributed by atoms with Gasteiger partial charge in [0.05, 0.1) is 25.6 Å². The van der Waals surface area contributed by atoms with Gasteiger partial charge >= 0.3 is 0 Å². The average Bonchev–Trinajstić information content (AvgIpc) is 3.38. The van der Waals surface area contributed by atoms with E-state index in [9.17, 15) is 4.79 Å². The number of rotatable bonds is 8. The van der Waals surface area contributed by atoms with E-state index in [1.807, 2.05) is 57.2 Å². The minimum atomic E-state index is -0.239. The molecule has 2 heterocycles. The second-order valence-corrected chi connectivity index (χ2v) is 8.45. The SMILES string of the molecule is COc1ccc(CNC(=O)c2cc(-c3ccc(C)cn3)cc(-n3nnnc3C(C)C)c2)c(OC)c1. The number of nitrogens with one attached hydrogen (secondary N) is 1. The lowest BCUT2D eigenvalue weighted by Gasteiger charge is -2.14. The Morgan fingerprint density at radius 1 is 1.06 bits per heavy atom. The highest BCUT2D eigenvalue weighted by Gasteiger charge is 2.17. The summed E-state index contributed by atoms with van der Waals surface area (Å²) < 4.78 is 12.4. The first kappa shape index (κ1) is 23.9. The molecule has 35 heavy (non-hydrogen) atoms. The molecule has 0 fully saturated rings. The number of carbonyl (C=O) groups excluding carboxylic acids is 1. The van der Waals surface area contributed by atoms with E-state index in [0.29, 0.717) is 28.6 Å². The molecular weight excluding hydrogens is 444 g/mol. The fourth-order valence-electron chi connectivity index (χ4n) is 3.66. The summed E-state index contributed by atoms with van der Waals surface area (Å²) in [5.74, 6) is 1.89. The van der Waals surface area contributed by atoms with Gasteiger partial charge in [0.25, 0.3) is 5.91 Å². The monoisotopic (exact) mass is 472 g/mol. The molecule has 0 radical (unpaired) electrons. The van der Waals surface area contributed by atoms with Crippen LogP contribution in [-0.2, 0) is 6.54 Å². The van der Waals surface area contributed by atoms with Gasteiger partial charge in [-0.3, -0.25) is 9.78 Å². The maximum Gasteiger partial charge on any atom is 0.251 e. The van der Waals surface area contributed by atoms with E-state index in [0.717, 1.165) is 22.4 Å². The van der Waals surface area contributed by atoms with E-state index in [1.165, 1.54) is 0 Å². The lowest BCUT2D eigenvalue weighted by molar-refractivity contribution is 0.0950. The molecule has 0 aliphatic carbocycles. The first-order valence-electron chi connectivity index (χ1n) is 11.3. The van der Waals surface area contributed by atoms with Crippen LogP contribution >= 0.6 is 0 Å². The molecule has 0 aliphatic heterocycles. The normalized spacial score (nSPS) is 10.9. The third kappa shape index (κ3) is 5.29. The Labute approximate surface area is 204 Å². The molecule has 0 spiro atoms. The Balaban J connectivity index is 1.69. The van der Waals surface area contributed by atoms with Gasteiger partial charge in [-0.2, -0.15) is 4.68 Å². The Morgan fingerprint density at radius 3 is 2.57 bits per heavy atom. The van der Waals surface area contributed by atoms with Crippen molar-refractivity contribution in [1.82, 2.24) is 30.5 Å². The van der Waals surface area contributed by atoms with Crippen molar-refractivity contribution >= 4 is 5.91 Å². The van der Waals surface area contributed by atoms with Crippen molar-refractivity contribution in [2.45, 2.75) is 33.2 Å². The fourth-order valence-corrected chi connectivity index (χ4v) is 3.66. The van der Waals surface area contributed by atoms with Gasteiger partial charge in [-0.1, -0.05) is 19.9 Å². The number of hydrogen-bond donors (Lipinski definition) is 1. The highest BCUT2D eigenvalue weighted by atomic mass is 16.5. The third-order valence-electron chi connectivity index (χ3n) is 5.58. The number of hydrogen-bond acceptors (Lipinski definition) is 7. The predicted octanol–water partition coefficient (Wildman–Crippen LogP) is 4.10. The van der Waals surface area contributed by atoms with E-state index < -0.39 is 0 Å². The Hall–Kier alpha value is -4.27. The highest BCUT2D eigenvalue weighted by molar-refractivity contribution is 5.96. The second kappa shape index (κ2) is 10.3. The molecule has 1 N–H and O–H groups in total. The molecular formula is C26H28N6O3. The van der Waals surface area contributed by atoms with Crippen molar-refractivity contribution < 1.29 is 14.3 Å². The number of ether oxygens (including phenoxy) is 2. The number of nitrogens with zero attached hydrogens (tertiary/aromatic N) is 5. The summed E-state index contributed by atoms with van der Waals surface area (Å²) >= 11 is 0. The standard InChI is InChI=1S/C26H28N6O3/c1-16(2)25-29-30-31-32(25)21-11-19(23-9-6-17(3)14-27-23)10-20(12-21)26(33)28-15-18-7-8-22(34-4)13-24(18)35-5/h6-14,16H,15H2,1-5H3,(H,28,33). The zero-order valence-corrected chi connectivity index (χ0v) is 20.4. The lowest BCUT2D eigenvalue weighted by atomic mass is 10.0. The van der Waals surface area contributed by atoms with Crippen LogP contribution in [0.3, 0.4) is 0 Å². The van der Waals surface area contributed by atoms with Gasteiger partial charge in [-0.15, -0.1) is 5.10 Å². The molecule has 0 saturated carbocycles. The van der Waals surface area contributed by atoms with Crippen LogP contribution in [0.25, 0.3) is 16.9 Å². The van der Waals surface area contributed by atoms with Gasteiger partial charge in [0.15, 0.2) is 5.82 Å². The first-order valence-corrected chi connectivity index (χ1v) is 11.3. The van der Waals surface area contributed by atoms with Crippen LogP contribution in [0.4, 0.5) is 0 Å². The fraction of sp³-hybridized carbons (Fsp3) is 0.269. The number of carbonyl (C=O) groups is 1. The summed E-state index contributed by atoms with van der Waals surface area (Å²) in [4.78, 5) is 17.8. The zero-order valence-electron chi connectivity index (χ0n) is 20.4. The van der Waals surface area contributed by atoms with Crippen molar-refractivity contribution in [3.8, 4) is 28.4 Å². The minimum absolute atomic E-state index is 0.103. The van der Waals surface area contributed by atoms with Gasteiger partial charge in [-0.25, -0.2) is 0 Å². The molecule has 4 aromatic rings. The highest BCUT2D eigenvalue weighted by Crippen LogP contribution is 2.26. The number of amides is 1. The molecule has 0 saturated heterocycles. The largest absolute Gasteiger partial charge is 0.497 e. The van der Waals surface area contributed by atoms with Crippen molar-refractivity contribution in [1.29, 1.82) is 0 Å². The van der Waals surface area contributed by atoms with Gasteiger partial charge in [0.1, 0.15) is 11.5 Å². The summed E-state index contributed by atoms with van der Waals surface area (Å²) in [5, 5.41) is 15.1. The molecule has 1 amide bonds. The third-order valence-corrected chi connectivity index (χ3v) is 5.58. The van der Waals surface area contributed by atoms with Crippen molar-refractivity contribution in [3.05, 3.63) is 77.2 Å². The smallest absolute Gasteiger partial charge is 0.251 e. The number of aryl methyl sites for hydroxylation is 1.